The van der Waals surface area contributed by atoms with E-state index in [9.17, 15) is 14.7 Å². The molecule has 4 rings (SSSR count). The van der Waals surface area contributed by atoms with Crippen molar-refractivity contribution in [3.05, 3.63) is 71.8 Å². The van der Waals surface area contributed by atoms with Crippen molar-refractivity contribution in [2.24, 2.45) is 0 Å². The molecule has 0 saturated carbocycles. The molecule has 1 aliphatic rings. The zero-order chi connectivity index (χ0) is 25.0. The van der Waals surface area contributed by atoms with Gasteiger partial charge in [-0.15, -0.1) is 0 Å². The van der Waals surface area contributed by atoms with E-state index in [2.05, 4.69) is 22.3 Å². The van der Waals surface area contributed by atoms with Crippen molar-refractivity contribution in [3.8, 4) is 5.75 Å². The maximum atomic E-state index is 13.4. The molecule has 1 unspecified atom stereocenters. The van der Waals surface area contributed by atoms with Crippen LogP contribution in [0.15, 0.2) is 60.7 Å². The number of amides is 1. The van der Waals surface area contributed by atoms with Crippen LogP contribution in [0.4, 0.5) is 5.69 Å². The molecule has 0 spiro atoms. The number of carboxylic acids is 1. The van der Waals surface area contributed by atoms with Crippen LogP contribution in [-0.4, -0.2) is 41.7 Å². The number of carbonyl (C=O) groups is 2. The van der Waals surface area contributed by atoms with Crippen molar-refractivity contribution >= 4 is 28.3 Å². The van der Waals surface area contributed by atoms with Crippen LogP contribution in [0.3, 0.4) is 0 Å². The average Bonchev–Trinajstić information content (AvgIpc) is 2.84. The van der Waals surface area contributed by atoms with Crippen molar-refractivity contribution in [3.63, 3.8) is 0 Å². The Morgan fingerprint density at radius 1 is 1.00 bits per heavy atom. The van der Waals surface area contributed by atoms with Gasteiger partial charge in [0.1, 0.15) is 5.75 Å². The molecular formula is C29H34N2O4. The first-order chi connectivity index (χ1) is 16.7. The Bertz CT molecular complexity index is 1200. The molecule has 0 aromatic heterocycles. The van der Waals surface area contributed by atoms with Crippen LogP contribution in [0.1, 0.15) is 56.0 Å². The molecule has 35 heavy (non-hydrogen) atoms. The van der Waals surface area contributed by atoms with E-state index in [-0.39, 0.29) is 11.9 Å². The number of carbonyl (C=O) groups excluding carboxylic acids is 1. The Morgan fingerprint density at radius 3 is 2.26 bits per heavy atom. The molecule has 6 heteroatoms. The molecule has 2 N–H and O–H groups in total. The molecule has 1 saturated heterocycles. The highest BCUT2D eigenvalue weighted by Gasteiger charge is 2.29. The summed E-state index contributed by atoms with van der Waals surface area (Å²) in [6.07, 6.45) is 4.18. The minimum Gasteiger partial charge on any atom is -0.478 e. The summed E-state index contributed by atoms with van der Waals surface area (Å²) in [6, 6.07) is 19.6. The zero-order valence-corrected chi connectivity index (χ0v) is 20.7. The topological polar surface area (TPSA) is 78.9 Å². The van der Waals surface area contributed by atoms with Gasteiger partial charge in [-0.3, -0.25) is 4.79 Å². The highest BCUT2D eigenvalue weighted by molar-refractivity contribution is 6.04. The monoisotopic (exact) mass is 474 g/mol. The number of nitrogens with one attached hydrogen (secondary N) is 1. The summed E-state index contributed by atoms with van der Waals surface area (Å²) in [5, 5.41) is 14.6. The Morgan fingerprint density at radius 2 is 1.63 bits per heavy atom. The first kappa shape index (κ1) is 24.6. The van der Waals surface area contributed by atoms with Crippen molar-refractivity contribution in [2.45, 2.75) is 58.1 Å². The number of piperidine rings is 1. The number of hydrogen-bond donors (Lipinski definition) is 2. The van der Waals surface area contributed by atoms with Gasteiger partial charge in [-0.25, -0.2) is 4.79 Å². The van der Waals surface area contributed by atoms with Crippen molar-refractivity contribution in [1.82, 2.24) is 5.32 Å². The molecule has 184 valence electrons. The number of rotatable bonds is 8. The number of benzene rings is 3. The standard InChI is InChI=1S/C29H34N2O4/c1-20(17-21-11-13-24(14-12-21)35-29(2,3)28(33)34)30-27(32)25-18-22-9-5-6-10-23(22)19-26(25)31-15-7-4-8-16-31/h5-6,9-14,18-20H,4,7-8,15-17H2,1-3H3,(H,30,32)(H,33,34). The fourth-order valence-electron chi connectivity index (χ4n) is 4.54. The van der Waals surface area contributed by atoms with E-state index in [0.717, 1.165) is 53.5 Å². The van der Waals surface area contributed by atoms with Crippen molar-refractivity contribution in [1.29, 1.82) is 0 Å². The number of ether oxygens (including phenoxy) is 1. The molecule has 0 radical (unpaired) electrons. The first-order valence-corrected chi connectivity index (χ1v) is 12.3. The molecule has 1 heterocycles. The maximum Gasteiger partial charge on any atom is 0.347 e. The van der Waals surface area contributed by atoms with Crippen LogP contribution in [-0.2, 0) is 11.2 Å². The lowest BCUT2D eigenvalue weighted by Crippen LogP contribution is -2.37. The SMILES string of the molecule is CC(Cc1ccc(OC(C)(C)C(=O)O)cc1)NC(=O)c1cc2ccccc2cc1N1CCCCC1. The minimum atomic E-state index is -1.30. The molecule has 3 aromatic carbocycles. The molecule has 0 bridgehead atoms. The van der Waals surface area contributed by atoms with Gasteiger partial charge in [-0.2, -0.15) is 0 Å². The number of hydrogen-bond acceptors (Lipinski definition) is 4. The summed E-state index contributed by atoms with van der Waals surface area (Å²) < 4.78 is 5.58. The van der Waals surface area contributed by atoms with E-state index in [1.807, 2.05) is 43.3 Å². The lowest BCUT2D eigenvalue weighted by molar-refractivity contribution is -0.152. The Kier molecular flexibility index (Phi) is 7.29. The first-order valence-electron chi connectivity index (χ1n) is 12.3. The van der Waals surface area contributed by atoms with Crippen LogP contribution in [0.25, 0.3) is 10.8 Å². The minimum absolute atomic E-state index is 0.0630. The number of aliphatic carboxylic acids is 1. The normalized spacial score (nSPS) is 15.0. The molecule has 0 aliphatic carbocycles. The molecule has 3 aromatic rings. The van der Waals surface area contributed by atoms with Crippen molar-refractivity contribution < 1.29 is 19.4 Å². The Labute approximate surface area is 206 Å². The fourth-order valence-corrected chi connectivity index (χ4v) is 4.54. The van der Waals surface area contributed by atoms with Crippen LogP contribution in [0.2, 0.25) is 0 Å². The number of nitrogens with zero attached hydrogens (tertiary/aromatic N) is 1. The van der Waals surface area contributed by atoms with E-state index >= 15 is 0 Å². The maximum absolute atomic E-state index is 13.4. The quantitative estimate of drug-likeness (QED) is 0.455. The summed E-state index contributed by atoms with van der Waals surface area (Å²) in [5.41, 5.74) is 1.47. The summed E-state index contributed by atoms with van der Waals surface area (Å²) in [7, 11) is 0. The smallest absolute Gasteiger partial charge is 0.347 e. The van der Waals surface area contributed by atoms with Crippen LogP contribution in [0, 0.1) is 0 Å². The van der Waals surface area contributed by atoms with Gasteiger partial charge in [0, 0.05) is 19.1 Å². The van der Waals surface area contributed by atoms with Gasteiger partial charge < -0.3 is 20.1 Å². The third-order valence-electron chi connectivity index (χ3n) is 6.54. The van der Waals surface area contributed by atoms with Gasteiger partial charge in [0.05, 0.1) is 11.3 Å². The molecule has 1 atom stereocenters. The highest BCUT2D eigenvalue weighted by atomic mass is 16.5. The van der Waals surface area contributed by atoms with E-state index in [4.69, 9.17) is 4.74 Å². The predicted molar refractivity (Wildman–Crippen MR) is 139 cm³/mol. The second-order valence-corrected chi connectivity index (χ2v) is 9.90. The molecule has 1 aliphatic heterocycles. The van der Waals surface area contributed by atoms with Gasteiger partial charge in [-0.1, -0.05) is 36.4 Å². The molecule has 6 nitrogen and oxygen atoms in total. The lowest BCUT2D eigenvalue weighted by Gasteiger charge is -2.31. The number of fused-ring (bicyclic) bond motifs is 1. The van der Waals surface area contributed by atoms with E-state index in [1.165, 1.54) is 20.3 Å². The summed E-state index contributed by atoms with van der Waals surface area (Å²) in [4.78, 5) is 27.0. The van der Waals surface area contributed by atoms with Gasteiger partial charge in [0.2, 0.25) is 0 Å². The van der Waals surface area contributed by atoms with Crippen molar-refractivity contribution in [2.75, 3.05) is 18.0 Å². The van der Waals surface area contributed by atoms with E-state index in [1.54, 1.807) is 12.1 Å². The van der Waals surface area contributed by atoms with Crippen LogP contribution in [0.5, 0.6) is 5.75 Å². The Balaban J connectivity index is 1.47. The summed E-state index contributed by atoms with van der Waals surface area (Å²) >= 11 is 0. The predicted octanol–water partition coefficient (Wildman–Crippen LogP) is 5.43. The van der Waals surface area contributed by atoms with Crippen LogP contribution >= 0.6 is 0 Å². The fraction of sp³-hybridized carbons (Fsp3) is 0.379. The third kappa shape index (κ3) is 5.94. The third-order valence-corrected chi connectivity index (χ3v) is 6.54. The number of anilines is 1. The molecule has 1 fully saturated rings. The van der Waals surface area contributed by atoms with E-state index < -0.39 is 11.6 Å². The van der Waals surface area contributed by atoms with Crippen LogP contribution < -0.4 is 15.0 Å². The summed E-state index contributed by atoms with van der Waals surface area (Å²) in [6.45, 7) is 6.98. The highest BCUT2D eigenvalue weighted by Crippen LogP contribution is 2.30. The second-order valence-electron chi connectivity index (χ2n) is 9.90. The average molecular weight is 475 g/mol. The lowest BCUT2D eigenvalue weighted by atomic mass is 10.0. The van der Waals surface area contributed by atoms with Gasteiger partial charge >= 0.3 is 5.97 Å². The van der Waals surface area contributed by atoms with Gasteiger partial charge in [0.15, 0.2) is 5.60 Å². The van der Waals surface area contributed by atoms with E-state index in [0.29, 0.717) is 12.2 Å². The Hall–Kier alpha value is -3.54. The summed E-state index contributed by atoms with van der Waals surface area (Å²) in [5.74, 6) is -0.581. The largest absolute Gasteiger partial charge is 0.478 e. The zero-order valence-electron chi connectivity index (χ0n) is 20.7. The molecule has 1 amide bonds. The number of carboxylic acid groups (broad SMARTS) is 1. The van der Waals surface area contributed by atoms with Gasteiger partial charge in [0.25, 0.3) is 5.91 Å². The van der Waals surface area contributed by atoms with Gasteiger partial charge in [-0.05, 0) is 87.1 Å². The second kappa shape index (κ2) is 10.4. The molecular weight excluding hydrogens is 440 g/mol.